The zero-order chi connectivity index (χ0) is 26.6. The lowest BCUT2D eigenvalue weighted by atomic mass is 9.87. The third kappa shape index (κ3) is 3.46. The van der Waals surface area contributed by atoms with Crippen LogP contribution in [0.3, 0.4) is 0 Å². The van der Waals surface area contributed by atoms with Crippen LogP contribution >= 0.6 is 0 Å². The van der Waals surface area contributed by atoms with Gasteiger partial charge in [0.2, 0.25) is 0 Å². The number of hydrogen-bond donors (Lipinski definition) is 2. The van der Waals surface area contributed by atoms with E-state index in [9.17, 15) is 18.8 Å². The topological polar surface area (TPSA) is 94.7 Å². The normalized spacial score (nSPS) is 18.5. The average molecular weight is 513 g/mol. The number of carbonyl (C=O) groups excluding carboxylic acids is 3. The number of benzene rings is 3. The monoisotopic (exact) mass is 512 g/mol. The van der Waals surface area contributed by atoms with Gasteiger partial charge in [-0.2, -0.15) is 0 Å². The summed E-state index contributed by atoms with van der Waals surface area (Å²) in [6, 6.07) is 17.6. The predicted molar refractivity (Wildman–Crippen MR) is 140 cm³/mol. The molecule has 0 bridgehead atoms. The van der Waals surface area contributed by atoms with E-state index < -0.39 is 23.4 Å². The van der Waals surface area contributed by atoms with Crippen LogP contribution in [0.15, 0.2) is 66.7 Å². The Hall–Kier alpha value is -4.66. The minimum Gasteiger partial charge on any atom is -0.497 e. The van der Waals surface area contributed by atoms with Gasteiger partial charge in [0.1, 0.15) is 11.6 Å². The lowest BCUT2D eigenvalue weighted by Crippen LogP contribution is -2.49. The Kier molecular flexibility index (Phi) is 5.45. The molecule has 3 aromatic carbocycles. The summed E-state index contributed by atoms with van der Waals surface area (Å²) in [5.41, 5.74) is 2.39. The van der Waals surface area contributed by atoms with Crippen LogP contribution in [-0.4, -0.2) is 41.4 Å². The number of H-pyrrole nitrogens is 1. The third-order valence-electron chi connectivity index (χ3n) is 7.52. The van der Waals surface area contributed by atoms with Gasteiger partial charge in [0.25, 0.3) is 11.8 Å². The maximum Gasteiger partial charge on any atom is 0.332 e. The summed E-state index contributed by atoms with van der Waals surface area (Å²) in [6.45, 7) is 2.27. The molecule has 2 aliphatic heterocycles. The fourth-order valence-corrected chi connectivity index (χ4v) is 5.50. The summed E-state index contributed by atoms with van der Waals surface area (Å²) >= 11 is 0. The van der Waals surface area contributed by atoms with Gasteiger partial charge in [-0.05, 0) is 66.9 Å². The second-order valence-corrected chi connectivity index (χ2v) is 9.61. The van der Waals surface area contributed by atoms with Crippen LogP contribution in [0.25, 0.3) is 10.9 Å². The van der Waals surface area contributed by atoms with Crippen LogP contribution in [-0.2, 0) is 23.3 Å². The highest BCUT2D eigenvalue weighted by atomic mass is 19.1. The summed E-state index contributed by atoms with van der Waals surface area (Å²) in [4.78, 5) is 47.0. The summed E-state index contributed by atoms with van der Waals surface area (Å²) in [5.74, 6) is -0.527. The number of methoxy groups -OCH3 is 1. The van der Waals surface area contributed by atoms with Gasteiger partial charge in [0, 0.05) is 24.0 Å². The standard InChI is InChI=1S/C29H25FN4O4/c1-29-25-20(22-15-19(38-2)11-12-23(22)32-25)13-14-33(29)28(37)34(27(29)36)24-6-4-3-5-21(24)26(35)31-16-17-7-9-18(30)10-8-17/h3-12,15,32H,13-14,16H2,1-2H3,(H,31,35)/t29-/m0/s1. The molecular formula is C29H25FN4O4. The number of aromatic amines is 1. The van der Waals surface area contributed by atoms with E-state index in [0.717, 1.165) is 26.9 Å². The molecule has 1 atom stereocenters. The first-order chi connectivity index (χ1) is 18.3. The first kappa shape index (κ1) is 23.7. The fourth-order valence-electron chi connectivity index (χ4n) is 5.50. The number of imide groups is 1. The molecule has 1 aromatic heterocycles. The molecule has 2 N–H and O–H groups in total. The Bertz CT molecular complexity index is 1610. The summed E-state index contributed by atoms with van der Waals surface area (Å²) in [5, 5.41) is 3.76. The van der Waals surface area contributed by atoms with Gasteiger partial charge in [-0.25, -0.2) is 14.1 Å². The van der Waals surface area contributed by atoms with Crippen molar-refractivity contribution >= 4 is 34.4 Å². The first-order valence-corrected chi connectivity index (χ1v) is 12.3. The van der Waals surface area contributed by atoms with Gasteiger partial charge in [0.15, 0.2) is 5.54 Å². The predicted octanol–water partition coefficient (Wildman–Crippen LogP) is 4.49. The number of urea groups is 1. The van der Waals surface area contributed by atoms with Crippen LogP contribution in [0.4, 0.5) is 14.9 Å². The number of amides is 4. The minimum atomic E-state index is -1.26. The molecule has 0 radical (unpaired) electrons. The number of para-hydroxylation sites is 1. The van der Waals surface area contributed by atoms with E-state index in [-0.39, 0.29) is 23.6 Å². The quantitative estimate of drug-likeness (QED) is 0.386. The molecule has 4 aromatic rings. The van der Waals surface area contributed by atoms with E-state index in [1.165, 1.54) is 12.1 Å². The van der Waals surface area contributed by atoms with Crippen molar-refractivity contribution in [2.24, 2.45) is 0 Å². The van der Waals surface area contributed by atoms with E-state index >= 15 is 0 Å². The van der Waals surface area contributed by atoms with E-state index in [1.807, 2.05) is 18.2 Å². The maximum atomic E-state index is 14.1. The molecule has 6 rings (SSSR count). The number of ether oxygens (including phenoxy) is 1. The number of nitrogens with zero attached hydrogens (tertiary/aromatic N) is 2. The number of fused-ring (bicyclic) bond motifs is 5. The molecular weight excluding hydrogens is 487 g/mol. The molecule has 192 valence electrons. The van der Waals surface area contributed by atoms with Crippen molar-refractivity contribution < 1.29 is 23.5 Å². The third-order valence-corrected chi connectivity index (χ3v) is 7.52. The molecule has 3 heterocycles. The number of halogens is 1. The van der Waals surface area contributed by atoms with Crippen molar-refractivity contribution in [3.63, 3.8) is 0 Å². The largest absolute Gasteiger partial charge is 0.497 e. The number of nitrogens with one attached hydrogen (secondary N) is 2. The Morgan fingerprint density at radius 1 is 1.11 bits per heavy atom. The first-order valence-electron chi connectivity index (χ1n) is 12.3. The average Bonchev–Trinajstić information content (AvgIpc) is 3.40. The maximum absolute atomic E-state index is 14.1. The van der Waals surface area contributed by atoms with Crippen molar-refractivity contribution in [1.82, 2.24) is 15.2 Å². The molecule has 9 heteroatoms. The Morgan fingerprint density at radius 3 is 2.63 bits per heavy atom. The number of aromatic nitrogens is 1. The van der Waals surface area contributed by atoms with Crippen LogP contribution in [0.5, 0.6) is 5.75 Å². The van der Waals surface area contributed by atoms with Crippen molar-refractivity contribution in [1.29, 1.82) is 0 Å². The van der Waals surface area contributed by atoms with Crippen LogP contribution < -0.4 is 15.0 Å². The lowest BCUT2D eigenvalue weighted by Gasteiger charge is -2.35. The highest BCUT2D eigenvalue weighted by molar-refractivity contribution is 6.25. The van der Waals surface area contributed by atoms with Crippen LogP contribution in [0, 0.1) is 5.82 Å². The molecule has 0 aliphatic carbocycles. The van der Waals surface area contributed by atoms with Crippen LogP contribution in [0.1, 0.15) is 34.1 Å². The van der Waals surface area contributed by atoms with Gasteiger partial charge < -0.3 is 19.9 Å². The SMILES string of the molecule is COc1ccc2[nH]c3c(c2c1)CCN1C(=O)N(c2ccccc2C(=O)NCc2ccc(F)cc2)C(=O)[C@]31C. The molecule has 1 fully saturated rings. The van der Waals surface area contributed by atoms with Crippen molar-refractivity contribution in [2.75, 3.05) is 18.6 Å². The van der Waals surface area contributed by atoms with Gasteiger partial charge in [0.05, 0.1) is 24.1 Å². The van der Waals surface area contributed by atoms with E-state index in [2.05, 4.69) is 10.3 Å². The zero-order valence-corrected chi connectivity index (χ0v) is 20.9. The highest BCUT2D eigenvalue weighted by Crippen LogP contribution is 2.46. The smallest absolute Gasteiger partial charge is 0.332 e. The molecule has 0 unspecified atom stereocenters. The Balaban J connectivity index is 1.36. The molecule has 8 nitrogen and oxygen atoms in total. The molecule has 4 amide bonds. The number of carbonyl (C=O) groups is 3. The fraction of sp³-hybridized carbons (Fsp3) is 0.207. The highest BCUT2D eigenvalue weighted by Gasteiger charge is 2.59. The van der Waals surface area contributed by atoms with Gasteiger partial charge in [-0.1, -0.05) is 24.3 Å². The Labute approximate surface area is 218 Å². The second-order valence-electron chi connectivity index (χ2n) is 9.61. The summed E-state index contributed by atoms with van der Waals surface area (Å²) in [7, 11) is 1.60. The molecule has 1 saturated heterocycles. The minimum absolute atomic E-state index is 0.168. The van der Waals surface area contributed by atoms with Crippen molar-refractivity contribution in [3.8, 4) is 5.75 Å². The van der Waals surface area contributed by atoms with Crippen molar-refractivity contribution in [3.05, 3.63) is 94.9 Å². The van der Waals surface area contributed by atoms with Gasteiger partial charge in [-0.3, -0.25) is 9.59 Å². The number of anilines is 1. The molecule has 0 spiro atoms. The van der Waals surface area contributed by atoms with Crippen LogP contribution in [0.2, 0.25) is 0 Å². The summed E-state index contributed by atoms with van der Waals surface area (Å²) in [6.07, 6.45) is 0.574. The molecule has 2 aliphatic rings. The van der Waals surface area contributed by atoms with Crippen molar-refractivity contribution in [2.45, 2.75) is 25.4 Å². The summed E-state index contributed by atoms with van der Waals surface area (Å²) < 4.78 is 18.6. The number of hydrogen-bond acceptors (Lipinski definition) is 4. The van der Waals surface area contributed by atoms with E-state index in [1.54, 1.807) is 55.3 Å². The van der Waals surface area contributed by atoms with E-state index in [4.69, 9.17) is 4.74 Å². The van der Waals surface area contributed by atoms with Gasteiger partial charge >= 0.3 is 6.03 Å². The lowest BCUT2D eigenvalue weighted by molar-refractivity contribution is -0.125. The van der Waals surface area contributed by atoms with E-state index in [0.29, 0.717) is 24.4 Å². The second kappa shape index (κ2) is 8.72. The number of rotatable bonds is 5. The zero-order valence-electron chi connectivity index (χ0n) is 20.9. The van der Waals surface area contributed by atoms with Gasteiger partial charge in [-0.15, -0.1) is 0 Å². The molecule has 38 heavy (non-hydrogen) atoms. The Morgan fingerprint density at radius 2 is 1.87 bits per heavy atom. The molecule has 0 saturated carbocycles.